The van der Waals surface area contributed by atoms with Crippen molar-refractivity contribution in [3.63, 3.8) is 0 Å². The number of nitrogens with zero attached hydrogens (tertiary/aromatic N) is 4. The van der Waals surface area contributed by atoms with Gasteiger partial charge in [-0.1, -0.05) is 18.0 Å². The van der Waals surface area contributed by atoms with Gasteiger partial charge in [0.15, 0.2) is 5.82 Å². The van der Waals surface area contributed by atoms with Gasteiger partial charge in [-0.05, 0) is 31.3 Å². The smallest absolute Gasteiger partial charge is 0.257 e. The van der Waals surface area contributed by atoms with E-state index in [1.807, 2.05) is 17.2 Å². The molecule has 0 bridgehead atoms. The lowest BCUT2D eigenvalue weighted by atomic mass is 10.1. The van der Waals surface area contributed by atoms with Crippen molar-refractivity contribution in [3.8, 4) is 0 Å². The van der Waals surface area contributed by atoms with E-state index in [4.69, 9.17) is 4.52 Å². The largest absolute Gasteiger partial charge is 0.343 e. The Hall–Kier alpha value is -1.76. The Balaban J connectivity index is 1.91. The van der Waals surface area contributed by atoms with Gasteiger partial charge in [0.25, 0.3) is 5.91 Å². The third-order valence-electron chi connectivity index (χ3n) is 3.67. The van der Waals surface area contributed by atoms with E-state index in [0.717, 1.165) is 37.9 Å². The van der Waals surface area contributed by atoms with Crippen LogP contribution in [0.2, 0.25) is 0 Å². The molecule has 2 aromatic heterocycles. The number of carbonyl (C=O) groups excluding carboxylic acids is 1. The fourth-order valence-corrected chi connectivity index (χ4v) is 3.28. The molecule has 106 valence electrons. The molecule has 1 aliphatic rings. The molecule has 0 aliphatic carbocycles. The van der Waals surface area contributed by atoms with Gasteiger partial charge in [-0.25, -0.2) is 0 Å². The maximum absolute atomic E-state index is 12.7. The molecule has 0 radical (unpaired) electrons. The summed E-state index contributed by atoms with van der Waals surface area (Å²) >= 11 is 1.32. The maximum Gasteiger partial charge on any atom is 0.257 e. The van der Waals surface area contributed by atoms with E-state index in [2.05, 4.69) is 14.5 Å². The summed E-state index contributed by atoms with van der Waals surface area (Å²) in [5.41, 5.74) is 1.47. The minimum Gasteiger partial charge on any atom is -0.343 e. The summed E-state index contributed by atoms with van der Waals surface area (Å²) < 4.78 is 9.03. The first kappa shape index (κ1) is 13.2. The Kier molecular flexibility index (Phi) is 3.77. The van der Waals surface area contributed by atoms with E-state index in [1.54, 1.807) is 0 Å². The Bertz CT molecular complexity index is 581. The predicted octanol–water partition coefficient (Wildman–Crippen LogP) is 2.59. The topological polar surface area (TPSA) is 72.1 Å². The van der Waals surface area contributed by atoms with Crippen molar-refractivity contribution in [2.24, 2.45) is 0 Å². The van der Waals surface area contributed by atoms with Gasteiger partial charge in [0, 0.05) is 11.9 Å². The standard InChI is InChI=1S/C13H16N4O2S/c1-9-10(7-20-16-9)13(18)17-6-4-2-3-5-11(17)12-14-8-19-15-12/h7-8,11H,2-6H2,1H3/t11-/m1/s1. The number of hydrogen-bond acceptors (Lipinski definition) is 6. The van der Waals surface area contributed by atoms with Crippen LogP contribution in [0.5, 0.6) is 0 Å². The molecule has 0 aromatic carbocycles. The fraction of sp³-hybridized carbons (Fsp3) is 0.538. The number of hydrogen-bond donors (Lipinski definition) is 0. The molecule has 1 fully saturated rings. The monoisotopic (exact) mass is 292 g/mol. The molecule has 20 heavy (non-hydrogen) atoms. The molecule has 3 rings (SSSR count). The Morgan fingerprint density at radius 2 is 2.35 bits per heavy atom. The van der Waals surface area contributed by atoms with Crippen LogP contribution in [-0.2, 0) is 0 Å². The molecule has 0 N–H and O–H groups in total. The van der Waals surface area contributed by atoms with Crippen LogP contribution >= 0.6 is 11.5 Å². The van der Waals surface area contributed by atoms with Gasteiger partial charge in [-0.2, -0.15) is 9.36 Å². The maximum atomic E-state index is 12.7. The number of amides is 1. The second-order valence-corrected chi connectivity index (χ2v) is 5.60. The second-order valence-electron chi connectivity index (χ2n) is 4.97. The second kappa shape index (κ2) is 5.70. The van der Waals surface area contributed by atoms with Crippen molar-refractivity contribution in [1.82, 2.24) is 19.4 Å². The van der Waals surface area contributed by atoms with Crippen LogP contribution in [0.1, 0.15) is 53.6 Å². The summed E-state index contributed by atoms with van der Waals surface area (Å²) in [6.45, 7) is 2.60. The van der Waals surface area contributed by atoms with Gasteiger partial charge in [-0.3, -0.25) is 4.79 Å². The molecule has 1 atom stereocenters. The highest BCUT2D eigenvalue weighted by molar-refractivity contribution is 7.03. The number of aromatic nitrogens is 3. The highest BCUT2D eigenvalue weighted by Crippen LogP contribution is 2.30. The number of aryl methyl sites for hydroxylation is 1. The lowest BCUT2D eigenvalue weighted by molar-refractivity contribution is 0.0670. The highest BCUT2D eigenvalue weighted by Gasteiger charge is 2.31. The lowest BCUT2D eigenvalue weighted by Gasteiger charge is -2.27. The van der Waals surface area contributed by atoms with Crippen molar-refractivity contribution >= 4 is 17.4 Å². The zero-order chi connectivity index (χ0) is 13.9. The van der Waals surface area contributed by atoms with Gasteiger partial charge >= 0.3 is 0 Å². The molecule has 0 spiro atoms. The van der Waals surface area contributed by atoms with Gasteiger partial charge < -0.3 is 9.42 Å². The molecule has 6 nitrogen and oxygen atoms in total. The van der Waals surface area contributed by atoms with E-state index >= 15 is 0 Å². The van der Waals surface area contributed by atoms with Crippen LogP contribution < -0.4 is 0 Å². The van der Waals surface area contributed by atoms with E-state index in [0.29, 0.717) is 11.4 Å². The van der Waals surface area contributed by atoms with Gasteiger partial charge in [-0.15, -0.1) is 0 Å². The normalized spacial score (nSPS) is 19.9. The van der Waals surface area contributed by atoms with Crippen LogP contribution in [-0.4, -0.2) is 31.9 Å². The van der Waals surface area contributed by atoms with Gasteiger partial charge in [0.05, 0.1) is 17.3 Å². The minimum absolute atomic E-state index is 0.0213. The summed E-state index contributed by atoms with van der Waals surface area (Å²) in [5, 5.41) is 5.74. The van der Waals surface area contributed by atoms with Crippen molar-refractivity contribution < 1.29 is 9.32 Å². The molecular weight excluding hydrogens is 276 g/mol. The van der Waals surface area contributed by atoms with Crippen LogP contribution in [0.3, 0.4) is 0 Å². The summed E-state index contributed by atoms with van der Waals surface area (Å²) in [5.74, 6) is 0.619. The Labute approximate surface area is 121 Å². The molecule has 1 saturated heterocycles. The molecule has 3 heterocycles. The number of carbonyl (C=O) groups is 1. The first-order valence-electron chi connectivity index (χ1n) is 6.75. The molecule has 7 heteroatoms. The van der Waals surface area contributed by atoms with Gasteiger partial charge in [0.2, 0.25) is 6.39 Å². The predicted molar refractivity (Wildman–Crippen MR) is 73.4 cm³/mol. The molecular formula is C13H16N4O2S. The van der Waals surface area contributed by atoms with E-state index in [9.17, 15) is 4.79 Å². The van der Waals surface area contributed by atoms with Gasteiger partial charge in [0.1, 0.15) is 0 Å². The molecule has 1 aliphatic heterocycles. The quantitative estimate of drug-likeness (QED) is 0.850. The minimum atomic E-state index is -0.0944. The Morgan fingerprint density at radius 3 is 3.05 bits per heavy atom. The zero-order valence-corrected chi connectivity index (χ0v) is 12.1. The van der Waals surface area contributed by atoms with Crippen molar-refractivity contribution in [3.05, 3.63) is 28.9 Å². The average Bonchev–Trinajstić information content (AvgIpc) is 3.05. The van der Waals surface area contributed by atoms with Crippen LogP contribution in [0, 0.1) is 6.92 Å². The summed E-state index contributed by atoms with van der Waals surface area (Å²) in [4.78, 5) is 18.7. The summed E-state index contributed by atoms with van der Waals surface area (Å²) in [6.07, 6.45) is 5.40. The summed E-state index contributed by atoms with van der Waals surface area (Å²) in [7, 11) is 0. The third kappa shape index (κ3) is 2.45. The molecule has 0 saturated carbocycles. The van der Waals surface area contributed by atoms with Crippen LogP contribution in [0.15, 0.2) is 16.3 Å². The first-order chi connectivity index (χ1) is 9.77. The van der Waals surface area contributed by atoms with Crippen LogP contribution in [0.4, 0.5) is 0 Å². The number of rotatable bonds is 2. The van der Waals surface area contributed by atoms with E-state index in [-0.39, 0.29) is 11.9 Å². The lowest BCUT2D eigenvalue weighted by Crippen LogP contribution is -2.35. The van der Waals surface area contributed by atoms with Crippen molar-refractivity contribution in [2.75, 3.05) is 6.54 Å². The molecule has 0 unspecified atom stereocenters. The zero-order valence-electron chi connectivity index (χ0n) is 11.3. The molecule has 1 amide bonds. The molecule has 2 aromatic rings. The first-order valence-corrected chi connectivity index (χ1v) is 7.59. The van der Waals surface area contributed by atoms with Crippen molar-refractivity contribution in [2.45, 2.75) is 38.6 Å². The average molecular weight is 292 g/mol. The Morgan fingerprint density at radius 1 is 1.45 bits per heavy atom. The van der Waals surface area contributed by atoms with E-state index in [1.165, 1.54) is 17.9 Å². The van der Waals surface area contributed by atoms with E-state index < -0.39 is 0 Å². The highest BCUT2D eigenvalue weighted by atomic mass is 32.1. The van der Waals surface area contributed by atoms with Crippen LogP contribution in [0.25, 0.3) is 0 Å². The van der Waals surface area contributed by atoms with Crippen molar-refractivity contribution in [1.29, 1.82) is 0 Å². The summed E-state index contributed by atoms with van der Waals surface area (Å²) in [6, 6.07) is -0.0944. The fourth-order valence-electron chi connectivity index (χ4n) is 2.60. The third-order valence-corrected chi connectivity index (χ3v) is 4.39. The SMILES string of the molecule is Cc1nscc1C(=O)N1CCCCC[C@@H]1c1ncon1. The number of likely N-dealkylation sites (tertiary alicyclic amines) is 1.